The van der Waals surface area contributed by atoms with E-state index in [-0.39, 0.29) is 0 Å². The third-order valence-electron chi connectivity index (χ3n) is 1.68. The van der Waals surface area contributed by atoms with Crippen molar-refractivity contribution >= 4 is 5.69 Å². The van der Waals surface area contributed by atoms with E-state index < -0.39 is 0 Å². The first-order chi connectivity index (χ1) is 5.86. The van der Waals surface area contributed by atoms with Gasteiger partial charge in [0, 0.05) is 35.5 Å². The second-order valence-corrected chi connectivity index (χ2v) is 2.59. The van der Waals surface area contributed by atoms with Crippen LogP contribution in [-0.4, -0.2) is 9.97 Å². The van der Waals surface area contributed by atoms with Gasteiger partial charge in [-0.3, -0.25) is 4.98 Å². The first kappa shape index (κ1) is 6.91. The summed E-state index contributed by atoms with van der Waals surface area (Å²) in [5, 5.41) is 0. The van der Waals surface area contributed by atoms with Crippen molar-refractivity contribution in [1.82, 2.24) is 9.97 Å². The van der Waals surface area contributed by atoms with E-state index in [0.29, 0.717) is 0 Å². The zero-order valence-corrected chi connectivity index (χ0v) is 6.49. The summed E-state index contributed by atoms with van der Waals surface area (Å²) in [4.78, 5) is 7.07. The number of nitrogens with two attached hydrogens (primary N) is 1. The van der Waals surface area contributed by atoms with Gasteiger partial charge in [-0.1, -0.05) is 0 Å². The molecule has 3 nitrogen and oxygen atoms in total. The molecule has 0 aliphatic carbocycles. The van der Waals surface area contributed by atoms with Gasteiger partial charge in [0.2, 0.25) is 0 Å². The van der Waals surface area contributed by atoms with Crippen LogP contribution in [0.3, 0.4) is 0 Å². The van der Waals surface area contributed by atoms with Crippen LogP contribution in [0.5, 0.6) is 0 Å². The molecule has 3 N–H and O–H groups in total. The topological polar surface area (TPSA) is 54.7 Å². The van der Waals surface area contributed by atoms with Gasteiger partial charge in [0.25, 0.3) is 0 Å². The second kappa shape index (κ2) is 2.70. The van der Waals surface area contributed by atoms with Gasteiger partial charge in [-0.05, 0) is 18.2 Å². The molecule has 2 aromatic rings. The highest BCUT2D eigenvalue weighted by atomic mass is 14.7. The minimum Gasteiger partial charge on any atom is -0.397 e. The molecule has 0 aromatic carbocycles. The molecule has 12 heavy (non-hydrogen) atoms. The Morgan fingerprint density at radius 1 is 1.42 bits per heavy atom. The van der Waals surface area contributed by atoms with Crippen LogP contribution in [-0.2, 0) is 0 Å². The smallest absolute Gasteiger partial charge is 0.0498 e. The largest absolute Gasteiger partial charge is 0.397 e. The number of aromatic amines is 1. The molecule has 0 saturated heterocycles. The number of hydrogen-bond donors (Lipinski definition) is 2. The lowest BCUT2D eigenvalue weighted by Crippen LogP contribution is -1.78. The molecule has 0 radical (unpaired) electrons. The number of nitrogens with one attached hydrogen (secondary N) is 1. The Kier molecular flexibility index (Phi) is 1.55. The van der Waals surface area contributed by atoms with Crippen LogP contribution in [0.2, 0.25) is 0 Å². The lowest BCUT2D eigenvalue weighted by Gasteiger charge is -1.93. The van der Waals surface area contributed by atoms with E-state index >= 15 is 0 Å². The first-order valence-corrected chi connectivity index (χ1v) is 3.70. The Bertz CT molecular complexity index is 364. The first-order valence-electron chi connectivity index (χ1n) is 3.70. The molecule has 0 saturated carbocycles. The SMILES string of the molecule is Nc1c[nH]c(-c2cccnc2)c1. The van der Waals surface area contributed by atoms with E-state index in [1.165, 1.54) is 0 Å². The Morgan fingerprint density at radius 2 is 2.33 bits per heavy atom. The third-order valence-corrected chi connectivity index (χ3v) is 1.68. The predicted molar refractivity (Wildman–Crippen MR) is 48.4 cm³/mol. The third kappa shape index (κ3) is 1.16. The van der Waals surface area contributed by atoms with Gasteiger partial charge in [0.1, 0.15) is 0 Å². The standard InChI is InChI=1S/C9H9N3/c10-8-4-9(12-6-8)7-2-1-3-11-5-7/h1-6,12H,10H2. The molecule has 0 fully saturated rings. The minimum absolute atomic E-state index is 0.744. The van der Waals surface area contributed by atoms with Gasteiger partial charge < -0.3 is 10.7 Å². The van der Waals surface area contributed by atoms with Gasteiger partial charge in [-0.25, -0.2) is 0 Å². The molecular weight excluding hydrogens is 150 g/mol. The molecule has 0 aliphatic rings. The fourth-order valence-corrected chi connectivity index (χ4v) is 1.10. The molecule has 2 heterocycles. The molecule has 2 aromatic heterocycles. The normalized spacial score (nSPS) is 10.0. The molecule has 0 atom stereocenters. The predicted octanol–water partition coefficient (Wildman–Crippen LogP) is 1.66. The molecule has 2 rings (SSSR count). The highest BCUT2D eigenvalue weighted by Gasteiger charge is 1.97. The van der Waals surface area contributed by atoms with E-state index in [1.54, 1.807) is 18.6 Å². The fourth-order valence-electron chi connectivity index (χ4n) is 1.10. The highest BCUT2D eigenvalue weighted by molar-refractivity contribution is 5.62. The molecule has 0 bridgehead atoms. The van der Waals surface area contributed by atoms with Crippen molar-refractivity contribution in [2.75, 3.05) is 5.73 Å². The minimum atomic E-state index is 0.744. The molecular formula is C9H9N3. The number of H-pyrrole nitrogens is 1. The lowest BCUT2D eigenvalue weighted by atomic mass is 10.2. The zero-order valence-electron chi connectivity index (χ0n) is 6.49. The summed E-state index contributed by atoms with van der Waals surface area (Å²) in [6.45, 7) is 0. The van der Waals surface area contributed by atoms with Crippen molar-refractivity contribution in [2.24, 2.45) is 0 Å². The van der Waals surface area contributed by atoms with Crippen LogP contribution in [0, 0.1) is 0 Å². The number of anilines is 1. The lowest BCUT2D eigenvalue weighted by molar-refractivity contribution is 1.31. The number of nitrogen functional groups attached to an aromatic ring is 1. The van der Waals surface area contributed by atoms with Crippen molar-refractivity contribution in [3.8, 4) is 11.3 Å². The van der Waals surface area contributed by atoms with Crippen molar-refractivity contribution in [1.29, 1.82) is 0 Å². The van der Waals surface area contributed by atoms with Crippen LogP contribution >= 0.6 is 0 Å². The van der Waals surface area contributed by atoms with E-state index in [2.05, 4.69) is 9.97 Å². The molecule has 3 heteroatoms. The molecule has 0 unspecified atom stereocenters. The molecule has 0 spiro atoms. The number of rotatable bonds is 1. The van der Waals surface area contributed by atoms with Crippen molar-refractivity contribution in [2.45, 2.75) is 0 Å². The number of hydrogen-bond acceptors (Lipinski definition) is 2. The highest BCUT2D eigenvalue weighted by Crippen LogP contribution is 2.17. The zero-order chi connectivity index (χ0) is 8.39. The maximum atomic E-state index is 5.56. The van der Waals surface area contributed by atoms with E-state index in [0.717, 1.165) is 16.9 Å². The Labute approximate surface area is 70.3 Å². The summed E-state index contributed by atoms with van der Waals surface area (Å²) in [6, 6.07) is 5.77. The van der Waals surface area contributed by atoms with Crippen molar-refractivity contribution < 1.29 is 0 Å². The van der Waals surface area contributed by atoms with Gasteiger partial charge >= 0.3 is 0 Å². The summed E-state index contributed by atoms with van der Waals surface area (Å²) < 4.78 is 0. The van der Waals surface area contributed by atoms with Gasteiger partial charge in [0.05, 0.1) is 0 Å². The van der Waals surface area contributed by atoms with Crippen LogP contribution in [0.25, 0.3) is 11.3 Å². The van der Waals surface area contributed by atoms with E-state index in [9.17, 15) is 0 Å². The summed E-state index contributed by atoms with van der Waals surface area (Å²) in [5.41, 5.74) is 8.36. The molecule has 0 amide bonds. The summed E-state index contributed by atoms with van der Waals surface area (Å²) in [7, 11) is 0. The Morgan fingerprint density at radius 3 is 2.92 bits per heavy atom. The number of pyridine rings is 1. The van der Waals surface area contributed by atoms with Crippen LogP contribution in [0.1, 0.15) is 0 Å². The van der Waals surface area contributed by atoms with Crippen LogP contribution in [0.15, 0.2) is 36.8 Å². The molecule has 60 valence electrons. The maximum absolute atomic E-state index is 5.56. The molecule has 0 aliphatic heterocycles. The quantitative estimate of drug-likeness (QED) is 0.664. The van der Waals surface area contributed by atoms with Crippen LogP contribution in [0.4, 0.5) is 5.69 Å². The van der Waals surface area contributed by atoms with Gasteiger partial charge in [0.15, 0.2) is 0 Å². The van der Waals surface area contributed by atoms with Crippen molar-refractivity contribution in [3.05, 3.63) is 36.8 Å². The summed E-state index contributed by atoms with van der Waals surface area (Å²) in [5.74, 6) is 0. The average Bonchev–Trinajstić information content (AvgIpc) is 2.54. The monoisotopic (exact) mass is 159 g/mol. The summed E-state index contributed by atoms with van der Waals surface area (Å²) in [6.07, 6.45) is 5.31. The average molecular weight is 159 g/mol. The second-order valence-electron chi connectivity index (χ2n) is 2.59. The van der Waals surface area contributed by atoms with Crippen molar-refractivity contribution in [3.63, 3.8) is 0 Å². The van der Waals surface area contributed by atoms with E-state index in [1.807, 2.05) is 18.2 Å². The maximum Gasteiger partial charge on any atom is 0.0498 e. The van der Waals surface area contributed by atoms with E-state index in [4.69, 9.17) is 5.73 Å². The van der Waals surface area contributed by atoms with Gasteiger partial charge in [-0.2, -0.15) is 0 Å². The Hall–Kier alpha value is -1.77. The number of nitrogens with zero attached hydrogens (tertiary/aromatic N) is 1. The fraction of sp³-hybridized carbons (Fsp3) is 0. The number of aromatic nitrogens is 2. The summed E-state index contributed by atoms with van der Waals surface area (Å²) >= 11 is 0. The van der Waals surface area contributed by atoms with Gasteiger partial charge in [-0.15, -0.1) is 0 Å². The Balaban J connectivity index is 2.45. The van der Waals surface area contributed by atoms with Crippen LogP contribution < -0.4 is 5.73 Å².